The fourth-order valence-electron chi connectivity index (χ4n) is 15.3. The molecule has 0 radical (unpaired) electrons. The quantitative estimate of drug-likeness (QED) is 0.0964. The Kier molecular flexibility index (Phi) is 17.6. The summed E-state index contributed by atoms with van der Waals surface area (Å²) < 4.78 is 23.7. The SMILES string of the molecule is CC(C)(C)c1ccc(-c2cc(Oc3cccc(-c4ccccc4)c3)cc(N(c3cccc(N(c4ccc(C(C)(C)C)cc4)c4cc(Oc5cccc(-n6c7ccccc7c7ccccc76)c5)cc(-c5cccc6oc7ccccc7c56)c4)c3)c3c(-c4ccccc4)cc(C(C)(C)C)cc3-c3ccccc3)c2)cc1. The molecule has 17 aromatic rings. The number of furan rings is 1. The number of benzene rings is 15. The minimum atomic E-state index is -0.226. The molecule has 6 heteroatoms. The Balaban J connectivity index is 0.920. The molecule has 0 amide bonds. The second-order valence-corrected chi connectivity index (χ2v) is 31.4. The molecule has 0 spiro atoms. The predicted octanol–water partition coefficient (Wildman–Crippen LogP) is 29.4. The van der Waals surface area contributed by atoms with E-state index in [1.165, 1.54) is 27.5 Å². The van der Waals surface area contributed by atoms with Gasteiger partial charge in [0.2, 0.25) is 0 Å². The van der Waals surface area contributed by atoms with Crippen LogP contribution in [-0.2, 0) is 16.2 Å². The maximum Gasteiger partial charge on any atom is 0.136 e. The van der Waals surface area contributed by atoms with Crippen LogP contribution in [0, 0.1) is 0 Å². The summed E-state index contributed by atoms with van der Waals surface area (Å²) in [5.41, 5.74) is 24.4. The van der Waals surface area contributed by atoms with Crippen molar-refractivity contribution in [3.05, 3.63) is 369 Å². The van der Waals surface area contributed by atoms with Crippen molar-refractivity contribution in [2.24, 2.45) is 0 Å². The van der Waals surface area contributed by atoms with Gasteiger partial charge in [-0.3, -0.25) is 0 Å². The van der Waals surface area contributed by atoms with Crippen molar-refractivity contribution in [3.8, 4) is 84.3 Å². The zero-order valence-electron chi connectivity index (χ0n) is 62.6. The molecule has 0 fully saturated rings. The number of aromatic nitrogens is 1. The van der Waals surface area contributed by atoms with Crippen molar-refractivity contribution in [3.63, 3.8) is 0 Å². The summed E-state index contributed by atoms with van der Waals surface area (Å²) in [7, 11) is 0. The molecule has 2 heterocycles. The number of para-hydroxylation sites is 3. The third-order valence-corrected chi connectivity index (χ3v) is 20.9. The molecular weight excluding hydrogens is 1320 g/mol. The van der Waals surface area contributed by atoms with E-state index in [1.54, 1.807) is 0 Å². The van der Waals surface area contributed by atoms with E-state index in [2.05, 4.69) is 422 Å². The van der Waals surface area contributed by atoms with Crippen LogP contribution < -0.4 is 19.3 Å². The maximum atomic E-state index is 7.40. The number of hydrogen-bond acceptors (Lipinski definition) is 5. The molecule has 6 nitrogen and oxygen atoms in total. The number of nitrogens with zero attached hydrogens (tertiary/aromatic N) is 3. The fraction of sp³-hybridized carbons (Fsp3) is 0.118. The summed E-state index contributed by atoms with van der Waals surface area (Å²) >= 11 is 0. The van der Waals surface area contributed by atoms with Gasteiger partial charge in [-0.15, -0.1) is 0 Å². The van der Waals surface area contributed by atoms with Gasteiger partial charge < -0.3 is 28.3 Å². The highest BCUT2D eigenvalue weighted by Crippen LogP contribution is 2.53. The lowest BCUT2D eigenvalue weighted by molar-refractivity contribution is 0.482. The Morgan fingerprint density at radius 3 is 1.31 bits per heavy atom. The minimum Gasteiger partial charge on any atom is -0.457 e. The maximum absolute atomic E-state index is 7.40. The monoisotopic (exact) mass is 1400 g/mol. The van der Waals surface area contributed by atoms with Gasteiger partial charge in [0.1, 0.15) is 34.2 Å². The van der Waals surface area contributed by atoms with Crippen molar-refractivity contribution >= 4 is 77.9 Å². The highest BCUT2D eigenvalue weighted by molar-refractivity contribution is 6.13. The molecule has 17 rings (SSSR count). The molecule has 0 atom stereocenters. The molecule has 526 valence electrons. The average Bonchev–Trinajstić information content (AvgIpc) is 1.01. The van der Waals surface area contributed by atoms with Gasteiger partial charge in [0, 0.05) is 73.6 Å². The van der Waals surface area contributed by atoms with E-state index in [9.17, 15) is 0 Å². The van der Waals surface area contributed by atoms with E-state index < -0.39 is 0 Å². The molecule has 0 bridgehead atoms. The molecule has 0 aliphatic heterocycles. The molecule has 15 aromatic carbocycles. The Morgan fingerprint density at radius 1 is 0.259 bits per heavy atom. The second kappa shape index (κ2) is 27.9. The largest absolute Gasteiger partial charge is 0.457 e. The van der Waals surface area contributed by atoms with Gasteiger partial charge in [0.15, 0.2) is 0 Å². The lowest BCUT2D eigenvalue weighted by atomic mass is 9.82. The van der Waals surface area contributed by atoms with Crippen LogP contribution in [0.25, 0.3) is 105 Å². The summed E-state index contributed by atoms with van der Waals surface area (Å²) in [5, 5.41) is 4.46. The standard InChI is InChI=1S/C102H85N3O3/c1-100(2,3)75-51-49-69(50-52-75)73-57-83(67-86(60-73)106-84-39-25-35-72(59-84)68-29-13-10-14-30-68)104(99-92(70-31-15-11-16-32-70)62-77(102(7,8)9)63-93(99)71-33-17-12-18-34-71)80-37-26-36-79(64-80)103(78-55-53-76(54-56-78)101(4,5)6)82-58-74(88-44-28-48-97-98(88)91-43-21-24-47-96(91)108-97)61-87(66-82)107-85-40-27-38-81(65-85)105-94-45-22-19-41-89(94)90-42-20-23-46-95(90)105/h10-67H,1-9H3. The highest BCUT2D eigenvalue weighted by atomic mass is 16.5. The number of hydrogen-bond donors (Lipinski definition) is 0. The summed E-state index contributed by atoms with van der Waals surface area (Å²) in [6.07, 6.45) is 0. The first-order valence-corrected chi connectivity index (χ1v) is 37.4. The molecule has 0 unspecified atom stereocenters. The van der Waals surface area contributed by atoms with Gasteiger partial charge in [0.25, 0.3) is 0 Å². The van der Waals surface area contributed by atoms with Crippen LogP contribution >= 0.6 is 0 Å². The van der Waals surface area contributed by atoms with Crippen molar-refractivity contribution in [2.75, 3.05) is 9.80 Å². The topological polar surface area (TPSA) is 43.0 Å². The minimum absolute atomic E-state index is 0.0521. The fourth-order valence-corrected chi connectivity index (χ4v) is 15.3. The Labute approximate surface area is 633 Å². The first-order valence-electron chi connectivity index (χ1n) is 37.4. The average molecular weight is 1400 g/mol. The van der Waals surface area contributed by atoms with Crippen LogP contribution in [-0.4, -0.2) is 4.57 Å². The van der Waals surface area contributed by atoms with Gasteiger partial charge >= 0.3 is 0 Å². The molecule has 0 saturated carbocycles. The number of rotatable bonds is 16. The van der Waals surface area contributed by atoms with E-state index in [0.29, 0.717) is 17.2 Å². The second-order valence-electron chi connectivity index (χ2n) is 31.4. The zero-order chi connectivity index (χ0) is 73.8. The first-order chi connectivity index (χ1) is 52.4. The number of ether oxygens (including phenoxy) is 2. The van der Waals surface area contributed by atoms with Gasteiger partial charge in [-0.25, -0.2) is 0 Å². The normalized spacial score (nSPS) is 11.9. The van der Waals surface area contributed by atoms with E-state index in [4.69, 9.17) is 13.9 Å². The van der Waals surface area contributed by atoms with Crippen molar-refractivity contribution in [1.82, 2.24) is 4.57 Å². The summed E-state index contributed by atoms with van der Waals surface area (Å²) in [6.45, 7) is 20.6. The van der Waals surface area contributed by atoms with Gasteiger partial charge in [-0.05, 0) is 193 Å². The van der Waals surface area contributed by atoms with E-state index in [1.807, 2.05) is 6.07 Å². The van der Waals surface area contributed by atoms with E-state index in [-0.39, 0.29) is 16.2 Å². The first kappa shape index (κ1) is 68.2. The summed E-state index contributed by atoms with van der Waals surface area (Å²) in [4.78, 5) is 4.88. The van der Waals surface area contributed by atoms with Crippen LogP contribution in [0.4, 0.5) is 34.1 Å². The molecule has 0 aliphatic rings. The van der Waals surface area contributed by atoms with Gasteiger partial charge in [-0.1, -0.05) is 281 Å². The van der Waals surface area contributed by atoms with Gasteiger partial charge in [0.05, 0.1) is 28.1 Å². The smallest absolute Gasteiger partial charge is 0.136 e. The van der Waals surface area contributed by atoms with Crippen LogP contribution in [0.15, 0.2) is 356 Å². The van der Waals surface area contributed by atoms with Crippen molar-refractivity contribution < 1.29 is 13.9 Å². The van der Waals surface area contributed by atoms with Crippen LogP contribution in [0.1, 0.15) is 79.0 Å². The molecule has 0 N–H and O–H groups in total. The summed E-state index contributed by atoms with van der Waals surface area (Å²) in [5.74, 6) is 2.78. The third-order valence-electron chi connectivity index (χ3n) is 20.9. The Morgan fingerprint density at radius 2 is 0.704 bits per heavy atom. The molecular formula is C102H85N3O3. The van der Waals surface area contributed by atoms with Gasteiger partial charge in [-0.2, -0.15) is 0 Å². The number of fused-ring (bicyclic) bond motifs is 6. The number of anilines is 6. The lowest BCUT2D eigenvalue weighted by Gasteiger charge is -2.34. The summed E-state index contributed by atoms with van der Waals surface area (Å²) in [6, 6.07) is 127. The van der Waals surface area contributed by atoms with Crippen molar-refractivity contribution in [1.29, 1.82) is 0 Å². The molecule has 0 saturated heterocycles. The Hall–Kier alpha value is -12.9. The predicted molar refractivity (Wildman–Crippen MR) is 454 cm³/mol. The third kappa shape index (κ3) is 13.5. The zero-order valence-corrected chi connectivity index (χ0v) is 62.6. The Bertz CT molecular complexity index is 6060. The highest BCUT2D eigenvalue weighted by Gasteiger charge is 2.30. The van der Waals surface area contributed by atoms with Crippen LogP contribution in [0.5, 0.6) is 23.0 Å². The van der Waals surface area contributed by atoms with E-state index in [0.717, 1.165) is 134 Å². The van der Waals surface area contributed by atoms with Crippen LogP contribution in [0.2, 0.25) is 0 Å². The molecule has 108 heavy (non-hydrogen) atoms. The van der Waals surface area contributed by atoms with E-state index >= 15 is 0 Å². The molecule has 0 aliphatic carbocycles. The van der Waals surface area contributed by atoms with Crippen molar-refractivity contribution in [2.45, 2.75) is 78.6 Å². The van der Waals surface area contributed by atoms with Crippen LogP contribution in [0.3, 0.4) is 0 Å². The molecule has 2 aromatic heterocycles. The lowest BCUT2D eigenvalue weighted by Crippen LogP contribution is -2.17.